The van der Waals surface area contributed by atoms with Gasteiger partial charge in [0.05, 0.1) is 17.0 Å². The topological polar surface area (TPSA) is 58.6 Å². The van der Waals surface area contributed by atoms with Gasteiger partial charge in [-0.15, -0.1) is 0 Å². The van der Waals surface area contributed by atoms with Crippen molar-refractivity contribution in [3.05, 3.63) is 53.3 Å². The molecule has 8 heteroatoms. The van der Waals surface area contributed by atoms with Crippen molar-refractivity contribution in [2.24, 2.45) is 5.92 Å². The summed E-state index contributed by atoms with van der Waals surface area (Å²) < 4.78 is 45.6. The largest absolute Gasteiger partial charge is 0.495 e. The Morgan fingerprint density at radius 1 is 1.27 bits per heavy atom. The Balaban J connectivity index is 1.60. The normalized spacial score (nSPS) is 17.5. The van der Waals surface area contributed by atoms with Crippen molar-refractivity contribution in [2.45, 2.75) is 11.3 Å². The van der Waals surface area contributed by atoms with Gasteiger partial charge in [-0.25, -0.2) is 17.5 Å². The summed E-state index contributed by atoms with van der Waals surface area (Å²) >= 11 is 6.01. The van der Waals surface area contributed by atoms with Gasteiger partial charge in [0.25, 0.3) is 0 Å². The molecule has 140 valence electrons. The second-order valence-corrected chi connectivity index (χ2v) is 8.40. The van der Waals surface area contributed by atoms with Gasteiger partial charge >= 0.3 is 0 Å². The number of rotatable bonds is 6. The standard InChI is InChI=1S/C18H20ClFN2O3S/c1-25-18-7-6-16(10-17(18)19)26(23,24)21-11-13-8-9-22(12-13)15-4-2-14(20)3-5-15/h2-7,10,13,21H,8-9,11-12H2,1H3. The molecule has 0 radical (unpaired) electrons. The number of nitrogens with one attached hydrogen (secondary N) is 1. The number of benzene rings is 2. The lowest BCUT2D eigenvalue weighted by molar-refractivity contribution is 0.414. The van der Waals surface area contributed by atoms with Crippen molar-refractivity contribution >= 4 is 27.3 Å². The summed E-state index contributed by atoms with van der Waals surface area (Å²) in [5.41, 5.74) is 0.943. The summed E-state index contributed by atoms with van der Waals surface area (Å²) in [5.74, 6) is 0.343. The molecule has 0 aromatic heterocycles. The van der Waals surface area contributed by atoms with E-state index in [0.29, 0.717) is 12.3 Å². The fourth-order valence-electron chi connectivity index (χ4n) is 3.01. The molecular weight excluding hydrogens is 379 g/mol. The van der Waals surface area contributed by atoms with Gasteiger partial charge in [-0.3, -0.25) is 0 Å². The maximum absolute atomic E-state index is 13.0. The van der Waals surface area contributed by atoms with E-state index in [1.54, 1.807) is 12.1 Å². The van der Waals surface area contributed by atoms with Gasteiger partial charge < -0.3 is 9.64 Å². The molecule has 2 aromatic rings. The summed E-state index contributed by atoms with van der Waals surface area (Å²) in [6.45, 7) is 1.87. The fraction of sp³-hybridized carbons (Fsp3) is 0.333. The van der Waals surface area contributed by atoms with Crippen LogP contribution in [-0.4, -0.2) is 35.2 Å². The number of anilines is 1. The molecule has 1 aliphatic heterocycles. The summed E-state index contributed by atoms with van der Waals surface area (Å²) in [6, 6.07) is 10.7. The number of nitrogens with zero attached hydrogens (tertiary/aromatic N) is 1. The third-order valence-electron chi connectivity index (χ3n) is 4.47. The number of halogens is 2. The molecule has 0 saturated carbocycles. The Morgan fingerprint density at radius 3 is 2.65 bits per heavy atom. The van der Waals surface area contributed by atoms with Gasteiger partial charge in [0, 0.05) is 25.3 Å². The Hall–Kier alpha value is -1.83. The Kier molecular flexibility index (Phi) is 5.70. The lowest BCUT2D eigenvalue weighted by Crippen LogP contribution is -2.31. The van der Waals surface area contributed by atoms with Crippen LogP contribution in [0.25, 0.3) is 0 Å². The van der Waals surface area contributed by atoms with Gasteiger partial charge in [-0.05, 0) is 54.8 Å². The smallest absolute Gasteiger partial charge is 0.240 e. The zero-order valence-corrected chi connectivity index (χ0v) is 15.9. The van der Waals surface area contributed by atoms with Gasteiger partial charge in [0.2, 0.25) is 10.0 Å². The molecule has 0 amide bonds. The highest BCUT2D eigenvalue weighted by Crippen LogP contribution is 2.27. The zero-order chi connectivity index (χ0) is 18.7. The molecule has 1 unspecified atom stereocenters. The van der Waals surface area contributed by atoms with Crippen LogP contribution < -0.4 is 14.4 Å². The molecule has 1 heterocycles. The Morgan fingerprint density at radius 2 is 2.00 bits per heavy atom. The van der Waals surface area contributed by atoms with E-state index in [1.807, 2.05) is 0 Å². The van der Waals surface area contributed by atoms with E-state index in [0.717, 1.165) is 25.2 Å². The van der Waals surface area contributed by atoms with Crippen molar-refractivity contribution in [3.8, 4) is 5.75 Å². The summed E-state index contributed by atoms with van der Waals surface area (Å²) in [6.07, 6.45) is 0.864. The molecule has 3 rings (SSSR count). The summed E-state index contributed by atoms with van der Waals surface area (Å²) in [4.78, 5) is 2.24. The molecule has 1 atom stereocenters. The fourth-order valence-corrected chi connectivity index (χ4v) is 4.48. The Bertz CT molecular complexity index is 875. The van der Waals surface area contributed by atoms with E-state index in [1.165, 1.54) is 37.4 Å². The van der Waals surface area contributed by atoms with Crippen LogP contribution in [0.1, 0.15) is 6.42 Å². The molecule has 1 saturated heterocycles. The summed E-state index contributed by atoms with van der Waals surface area (Å²) in [5, 5.41) is 0.249. The van der Waals surface area contributed by atoms with E-state index < -0.39 is 10.0 Å². The van der Waals surface area contributed by atoms with Crippen molar-refractivity contribution < 1.29 is 17.5 Å². The Labute approximate surface area is 157 Å². The van der Waals surface area contributed by atoms with Crippen LogP contribution in [0, 0.1) is 11.7 Å². The van der Waals surface area contributed by atoms with Gasteiger partial charge in [0.15, 0.2) is 0 Å². The van der Waals surface area contributed by atoms with Crippen molar-refractivity contribution in [2.75, 3.05) is 31.6 Å². The zero-order valence-electron chi connectivity index (χ0n) is 14.3. The maximum atomic E-state index is 13.0. The lowest BCUT2D eigenvalue weighted by Gasteiger charge is -2.19. The molecule has 0 aliphatic carbocycles. The molecule has 1 aliphatic rings. The van der Waals surface area contributed by atoms with E-state index in [2.05, 4.69) is 9.62 Å². The predicted molar refractivity (Wildman–Crippen MR) is 99.9 cm³/mol. The average molecular weight is 399 g/mol. The summed E-state index contributed by atoms with van der Waals surface area (Å²) in [7, 11) is -2.17. The van der Waals surface area contributed by atoms with Crippen LogP contribution in [0.15, 0.2) is 47.4 Å². The van der Waals surface area contributed by atoms with E-state index in [-0.39, 0.29) is 21.7 Å². The van der Waals surface area contributed by atoms with Gasteiger partial charge in [-0.1, -0.05) is 11.6 Å². The van der Waals surface area contributed by atoms with Crippen molar-refractivity contribution in [3.63, 3.8) is 0 Å². The van der Waals surface area contributed by atoms with E-state index in [4.69, 9.17) is 16.3 Å². The number of sulfonamides is 1. The second kappa shape index (κ2) is 7.82. The first kappa shape index (κ1) is 18.9. The molecule has 2 aromatic carbocycles. The third kappa shape index (κ3) is 4.28. The van der Waals surface area contributed by atoms with E-state index >= 15 is 0 Å². The van der Waals surface area contributed by atoms with Crippen LogP contribution in [0.5, 0.6) is 5.75 Å². The van der Waals surface area contributed by atoms with Gasteiger partial charge in [0.1, 0.15) is 11.6 Å². The van der Waals surface area contributed by atoms with Crippen molar-refractivity contribution in [1.29, 1.82) is 0 Å². The molecule has 5 nitrogen and oxygen atoms in total. The number of hydrogen-bond donors (Lipinski definition) is 1. The molecule has 1 fully saturated rings. The van der Waals surface area contributed by atoms with Gasteiger partial charge in [-0.2, -0.15) is 0 Å². The molecule has 1 N–H and O–H groups in total. The number of ether oxygens (including phenoxy) is 1. The minimum absolute atomic E-state index is 0.108. The van der Waals surface area contributed by atoms with Crippen LogP contribution in [0.3, 0.4) is 0 Å². The maximum Gasteiger partial charge on any atom is 0.240 e. The highest BCUT2D eigenvalue weighted by atomic mass is 35.5. The SMILES string of the molecule is COc1ccc(S(=O)(=O)NCC2CCN(c3ccc(F)cc3)C2)cc1Cl. The van der Waals surface area contributed by atoms with Crippen LogP contribution in [0.2, 0.25) is 5.02 Å². The predicted octanol–water partition coefficient (Wildman–Crippen LogP) is 3.29. The lowest BCUT2D eigenvalue weighted by atomic mass is 10.1. The van der Waals surface area contributed by atoms with Crippen LogP contribution in [-0.2, 0) is 10.0 Å². The molecule has 26 heavy (non-hydrogen) atoms. The quantitative estimate of drug-likeness (QED) is 0.811. The molecule has 0 bridgehead atoms. The monoisotopic (exact) mass is 398 g/mol. The van der Waals surface area contributed by atoms with Crippen LogP contribution in [0.4, 0.5) is 10.1 Å². The average Bonchev–Trinajstić information content (AvgIpc) is 3.10. The highest BCUT2D eigenvalue weighted by molar-refractivity contribution is 7.89. The number of methoxy groups -OCH3 is 1. The minimum Gasteiger partial charge on any atom is -0.495 e. The van der Waals surface area contributed by atoms with Crippen molar-refractivity contribution in [1.82, 2.24) is 4.72 Å². The first-order chi connectivity index (χ1) is 12.4. The third-order valence-corrected chi connectivity index (χ3v) is 6.19. The molecule has 0 spiro atoms. The molecular formula is C18H20ClFN2O3S. The van der Waals surface area contributed by atoms with E-state index in [9.17, 15) is 12.8 Å². The highest BCUT2D eigenvalue weighted by Gasteiger charge is 2.25. The van der Waals surface area contributed by atoms with Crippen LogP contribution >= 0.6 is 11.6 Å². The number of hydrogen-bond acceptors (Lipinski definition) is 4. The first-order valence-corrected chi connectivity index (χ1v) is 10.1. The second-order valence-electron chi connectivity index (χ2n) is 6.23. The minimum atomic E-state index is -3.64. The first-order valence-electron chi connectivity index (χ1n) is 8.23.